The summed E-state index contributed by atoms with van der Waals surface area (Å²) >= 11 is 0. The maximum absolute atomic E-state index is 12.2. The van der Waals surface area contributed by atoms with E-state index in [-0.39, 0.29) is 12.5 Å². The van der Waals surface area contributed by atoms with Crippen LogP contribution < -0.4 is 4.74 Å². The topological polar surface area (TPSA) is 69.6 Å². The van der Waals surface area contributed by atoms with Crippen molar-refractivity contribution in [1.82, 2.24) is 4.90 Å². The van der Waals surface area contributed by atoms with Gasteiger partial charge in [0.15, 0.2) is 6.61 Å². The van der Waals surface area contributed by atoms with Crippen LogP contribution in [0.2, 0.25) is 0 Å². The summed E-state index contributed by atoms with van der Waals surface area (Å²) in [4.78, 5) is 19.6. The van der Waals surface area contributed by atoms with E-state index in [2.05, 4.69) is 25.9 Å². The number of morpholine rings is 1. The van der Waals surface area contributed by atoms with E-state index in [0.29, 0.717) is 50.7 Å². The molecule has 1 aromatic rings. The molecule has 3 rings (SSSR count). The van der Waals surface area contributed by atoms with Crippen molar-refractivity contribution in [3.8, 4) is 5.75 Å². The summed E-state index contributed by atoms with van der Waals surface area (Å²) in [5.41, 5.74) is 1.89. The van der Waals surface area contributed by atoms with E-state index in [0.717, 1.165) is 36.6 Å². The third-order valence-electron chi connectivity index (χ3n) is 6.85. The van der Waals surface area contributed by atoms with Gasteiger partial charge in [-0.15, -0.1) is 0 Å². The monoisotopic (exact) mass is 474 g/mol. The quantitative estimate of drug-likeness (QED) is 0.250. The number of carbonyl (C=O) groups excluding carboxylic acids is 1. The Morgan fingerprint density at radius 3 is 2.59 bits per heavy atom. The maximum atomic E-state index is 12.2. The van der Waals surface area contributed by atoms with Crippen LogP contribution in [0.15, 0.2) is 29.4 Å². The summed E-state index contributed by atoms with van der Waals surface area (Å²) < 4.78 is 17.1. The molecule has 0 aromatic heterocycles. The van der Waals surface area contributed by atoms with E-state index in [1.807, 2.05) is 24.3 Å². The van der Waals surface area contributed by atoms with Gasteiger partial charge in [-0.3, -0.25) is 4.79 Å². The normalized spacial score (nSPS) is 23.6. The number of hydrogen-bond donors (Lipinski definition) is 0. The van der Waals surface area contributed by atoms with Crippen LogP contribution in [-0.4, -0.2) is 68.7 Å². The fourth-order valence-electron chi connectivity index (χ4n) is 4.66. The summed E-state index contributed by atoms with van der Waals surface area (Å²) in [6.45, 7) is 10.4. The molecule has 7 nitrogen and oxygen atoms in total. The molecule has 190 valence electrons. The molecular weight excluding hydrogens is 432 g/mol. The lowest BCUT2D eigenvalue weighted by molar-refractivity contribution is -0.137. The lowest BCUT2D eigenvalue weighted by Gasteiger charge is -2.34. The summed E-state index contributed by atoms with van der Waals surface area (Å²) in [6.07, 6.45) is 7.00. The first kappa shape index (κ1) is 26.5. The third kappa shape index (κ3) is 8.27. The van der Waals surface area contributed by atoms with Crippen LogP contribution in [0.3, 0.4) is 0 Å². The summed E-state index contributed by atoms with van der Waals surface area (Å²) in [5, 5.41) is 4.35. The van der Waals surface area contributed by atoms with Gasteiger partial charge in [-0.2, -0.15) is 0 Å². The molecule has 1 aliphatic heterocycles. The lowest BCUT2D eigenvalue weighted by Crippen LogP contribution is -2.42. The van der Waals surface area contributed by atoms with E-state index in [9.17, 15) is 4.79 Å². The fourth-order valence-corrected chi connectivity index (χ4v) is 4.66. The van der Waals surface area contributed by atoms with Crippen LogP contribution >= 0.6 is 0 Å². The maximum Gasteiger partial charge on any atom is 0.260 e. The molecule has 1 aliphatic carbocycles. The van der Waals surface area contributed by atoms with Crippen molar-refractivity contribution in [1.29, 1.82) is 0 Å². The number of oxime groups is 1. The molecule has 34 heavy (non-hydrogen) atoms. The van der Waals surface area contributed by atoms with Gasteiger partial charge in [0.2, 0.25) is 0 Å². The van der Waals surface area contributed by atoms with Gasteiger partial charge in [0.1, 0.15) is 12.4 Å². The van der Waals surface area contributed by atoms with E-state index < -0.39 is 0 Å². The Morgan fingerprint density at radius 2 is 1.88 bits per heavy atom. The largest absolute Gasteiger partial charge is 0.484 e. The van der Waals surface area contributed by atoms with E-state index in [1.165, 1.54) is 25.7 Å². The van der Waals surface area contributed by atoms with Gasteiger partial charge in [-0.1, -0.05) is 38.8 Å². The second kappa shape index (κ2) is 14.3. The Labute approximate surface area is 204 Å². The highest BCUT2D eigenvalue weighted by atomic mass is 16.6. The molecular formula is C27H42N2O5. The highest BCUT2D eigenvalue weighted by molar-refractivity contribution is 6.00. The third-order valence-corrected chi connectivity index (χ3v) is 6.85. The standard InChI is InChI=1S/C27H42N2O5/c1-4-22-8-7-21(3)19-26(22)32-15-6-16-34-28-25(5-2)23-9-11-24(12-10-23)33-20-27(30)29-13-17-31-18-14-29/h9-12,21-22,26H,4-8,13-20H2,1-3H3/b28-25-. The molecule has 1 heterocycles. The highest BCUT2D eigenvalue weighted by Crippen LogP contribution is 2.32. The van der Waals surface area contributed by atoms with Crippen LogP contribution in [0, 0.1) is 11.8 Å². The number of carbonyl (C=O) groups is 1. The van der Waals surface area contributed by atoms with Crippen LogP contribution in [0.25, 0.3) is 0 Å². The predicted molar refractivity (Wildman–Crippen MR) is 133 cm³/mol. The predicted octanol–water partition coefficient (Wildman–Crippen LogP) is 4.68. The van der Waals surface area contributed by atoms with Crippen LogP contribution in [-0.2, 0) is 19.1 Å². The Bertz CT molecular complexity index is 761. The van der Waals surface area contributed by atoms with Crippen molar-refractivity contribution < 1.29 is 23.8 Å². The van der Waals surface area contributed by atoms with Crippen molar-refractivity contribution in [2.75, 3.05) is 46.1 Å². The van der Waals surface area contributed by atoms with E-state index in [1.54, 1.807) is 4.90 Å². The molecule has 1 saturated carbocycles. The molecule has 1 amide bonds. The summed E-state index contributed by atoms with van der Waals surface area (Å²) in [7, 11) is 0. The van der Waals surface area contributed by atoms with Crippen molar-refractivity contribution >= 4 is 11.6 Å². The second-order valence-electron chi connectivity index (χ2n) is 9.38. The van der Waals surface area contributed by atoms with E-state index >= 15 is 0 Å². The average Bonchev–Trinajstić information content (AvgIpc) is 2.88. The molecule has 3 unspecified atom stereocenters. The number of benzene rings is 1. The van der Waals surface area contributed by atoms with Crippen LogP contribution in [0.5, 0.6) is 5.75 Å². The fraction of sp³-hybridized carbons (Fsp3) is 0.704. The highest BCUT2D eigenvalue weighted by Gasteiger charge is 2.27. The van der Waals surface area contributed by atoms with Crippen LogP contribution in [0.1, 0.15) is 64.9 Å². The van der Waals surface area contributed by atoms with Gasteiger partial charge in [0, 0.05) is 19.5 Å². The van der Waals surface area contributed by atoms with Gasteiger partial charge < -0.3 is 23.9 Å². The first-order chi connectivity index (χ1) is 16.6. The zero-order valence-electron chi connectivity index (χ0n) is 21.2. The molecule has 0 spiro atoms. The molecule has 0 radical (unpaired) electrons. The lowest BCUT2D eigenvalue weighted by atomic mass is 9.79. The molecule has 7 heteroatoms. The molecule has 0 bridgehead atoms. The minimum absolute atomic E-state index is 0.0104. The second-order valence-corrected chi connectivity index (χ2v) is 9.38. The van der Waals surface area contributed by atoms with Gasteiger partial charge in [-0.25, -0.2) is 0 Å². The zero-order chi connectivity index (χ0) is 24.2. The van der Waals surface area contributed by atoms with Crippen molar-refractivity contribution in [3.05, 3.63) is 29.8 Å². The minimum Gasteiger partial charge on any atom is -0.484 e. The average molecular weight is 475 g/mol. The van der Waals surface area contributed by atoms with Crippen LogP contribution in [0.4, 0.5) is 0 Å². The Kier molecular flexibility index (Phi) is 11.2. The summed E-state index contributed by atoms with van der Waals surface area (Å²) in [6, 6.07) is 7.66. The van der Waals surface area contributed by atoms with E-state index in [4.69, 9.17) is 19.0 Å². The molecule has 1 aromatic carbocycles. The number of rotatable bonds is 12. The molecule has 0 N–H and O–H groups in total. The Morgan fingerprint density at radius 1 is 1.12 bits per heavy atom. The zero-order valence-corrected chi connectivity index (χ0v) is 21.2. The number of ether oxygens (including phenoxy) is 3. The first-order valence-electron chi connectivity index (χ1n) is 13.0. The molecule has 2 aliphatic rings. The van der Waals surface area contributed by atoms with Gasteiger partial charge >= 0.3 is 0 Å². The molecule has 3 atom stereocenters. The first-order valence-corrected chi connectivity index (χ1v) is 13.0. The van der Waals surface area contributed by atoms with Crippen molar-refractivity contribution in [2.45, 2.75) is 65.4 Å². The number of hydrogen-bond acceptors (Lipinski definition) is 6. The van der Waals surface area contributed by atoms with Gasteiger partial charge in [0.25, 0.3) is 5.91 Å². The Hall–Kier alpha value is -2.12. The Balaban J connectivity index is 1.37. The molecule has 2 fully saturated rings. The van der Waals surface area contributed by atoms with Crippen molar-refractivity contribution in [3.63, 3.8) is 0 Å². The van der Waals surface area contributed by atoms with Gasteiger partial charge in [0.05, 0.1) is 31.6 Å². The summed E-state index contributed by atoms with van der Waals surface area (Å²) in [5.74, 6) is 2.12. The minimum atomic E-state index is -0.0104. The molecule has 1 saturated heterocycles. The number of amides is 1. The number of nitrogens with zero attached hydrogens (tertiary/aromatic N) is 2. The SMILES string of the molecule is CC/C(=N/OCCCOC1CC(C)CCC1CC)c1ccc(OCC(=O)N2CCOCC2)cc1. The van der Waals surface area contributed by atoms with Crippen molar-refractivity contribution in [2.24, 2.45) is 17.0 Å². The smallest absolute Gasteiger partial charge is 0.260 e. The van der Waals surface area contributed by atoms with Gasteiger partial charge in [-0.05, 0) is 60.9 Å².